The predicted molar refractivity (Wildman–Crippen MR) is 75.2 cm³/mol. The summed E-state index contributed by atoms with van der Waals surface area (Å²) >= 11 is 0. The summed E-state index contributed by atoms with van der Waals surface area (Å²) in [6, 6.07) is 0. The molecule has 0 aliphatic rings. The van der Waals surface area contributed by atoms with Gasteiger partial charge in [-0.25, -0.2) is 0 Å². The summed E-state index contributed by atoms with van der Waals surface area (Å²) in [6.07, 6.45) is 4.01. The summed E-state index contributed by atoms with van der Waals surface area (Å²) in [5.41, 5.74) is -0.844. The van der Waals surface area contributed by atoms with Gasteiger partial charge < -0.3 is 14.9 Å². The Balaban J connectivity index is 2.28. The minimum absolute atomic E-state index is 0.114. The van der Waals surface area contributed by atoms with Crippen LogP contribution in [0.15, 0.2) is 4.52 Å². The van der Waals surface area contributed by atoms with Crippen molar-refractivity contribution in [3.05, 3.63) is 11.7 Å². The van der Waals surface area contributed by atoms with Gasteiger partial charge in [-0.05, 0) is 19.8 Å². The fourth-order valence-corrected chi connectivity index (χ4v) is 1.94. The van der Waals surface area contributed by atoms with Gasteiger partial charge in [0.15, 0.2) is 5.82 Å². The molecule has 0 radical (unpaired) electrons. The van der Waals surface area contributed by atoms with E-state index in [1.165, 1.54) is 0 Å². The van der Waals surface area contributed by atoms with E-state index in [2.05, 4.69) is 15.5 Å². The highest BCUT2D eigenvalue weighted by molar-refractivity contribution is 5.76. The monoisotopic (exact) mass is 283 g/mol. The third-order valence-electron chi connectivity index (χ3n) is 3.00. The van der Waals surface area contributed by atoms with Crippen molar-refractivity contribution >= 4 is 5.91 Å². The first-order valence-electron chi connectivity index (χ1n) is 7.27. The molecule has 6 heteroatoms. The molecular formula is C14H25N3O3. The molecule has 1 heterocycles. The molecule has 2 N–H and O–H groups in total. The van der Waals surface area contributed by atoms with Crippen molar-refractivity contribution in [3.8, 4) is 0 Å². The molecule has 1 aromatic rings. The highest BCUT2D eigenvalue weighted by Crippen LogP contribution is 2.10. The summed E-state index contributed by atoms with van der Waals surface area (Å²) in [7, 11) is 0. The van der Waals surface area contributed by atoms with Crippen LogP contribution < -0.4 is 5.32 Å². The van der Waals surface area contributed by atoms with Crippen molar-refractivity contribution in [2.75, 3.05) is 6.54 Å². The second-order valence-corrected chi connectivity index (χ2v) is 5.38. The lowest BCUT2D eigenvalue weighted by Gasteiger charge is -2.22. The topological polar surface area (TPSA) is 88.2 Å². The lowest BCUT2D eigenvalue weighted by atomic mass is 10.0. The van der Waals surface area contributed by atoms with E-state index < -0.39 is 5.60 Å². The Hall–Kier alpha value is -1.43. The third-order valence-corrected chi connectivity index (χ3v) is 3.00. The van der Waals surface area contributed by atoms with Crippen molar-refractivity contribution in [3.63, 3.8) is 0 Å². The van der Waals surface area contributed by atoms with E-state index >= 15 is 0 Å². The molecule has 0 spiro atoms. The van der Waals surface area contributed by atoms with E-state index in [9.17, 15) is 9.90 Å². The maximum Gasteiger partial charge on any atom is 0.227 e. The quantitative estimate of drug-likeness (QED) is 0.719. The summed E-state index contributed by atoms with van der Waals surface area (Å²) in [5, 5.41) is 16.5. The van der Waals surface area contributed by atoms with Gasteiger partial charge in [-0.1, -0.05) is 25.4 Å². The molecule has 1 unspecified atom stereocenters. The molecule has 0 aliphatic heterocycles. The summed E-state index contributed by atoms with van der Waals surface area (Å²) in [4.78, 5) is 15.9. The van der Waals surface area contributed by atoms with E-state index in [1.807, 2.05) is 13.8 Å². The van der Waals surface area contributed by atoms with Crippen LogP contribution in [-0.4, -0.2) is 33.3 Å². The summed E-state index contributed by atoms with van der Waals surface area (Å²) in [5.74, 6) is 1.06. The molecule has 114 valence electrons. The number of rotatable bonds is 9. The van der Waals surface area contributed by atoms with Crippen LogP contribution in [0.25, 0.3) is 0 Å². The number of nitrogens with zero attached hydrogens (tertiary/aromatic N) is 2. The molecule has 0 saturated carbocycles. The number of carbonyl (C=O) groups excluding carboxylic acids is 1. The molecular weight excluding hydrogens is 258 g/mol. The molecule has 0 aliphatic carbocycles. The Bertz CT molecular complexity index is 416. The van der Waals surface area contributed by atoms with Gasteiger partial charge in [0.05, 0.1) is 5.60 Å². The van der Waals surface area contributed by atoms with Gasteiger partial charge in [-0.15, -0.1) is 0 Å². The highest BCUT2D eigenvalue weighted by Gasteiger charge is 2.19. The van der Waals surface area contributed by atoms with E-state index in [1.54, 1.807) is 6.92 Å². The van der Waals surface area contributed by atoms with Gasteiger partial charge in [0.25, 0.3) is 0 Å². The lowest BCUT2D eigenvalue weighted by molar-refractivity contribution is -0.122. The lowest BCUT2D eigenvalue weighted by Crippen LogP contribution is -2.40. The minimum Gasteiger partial charge on any atom is -0.388 e. The molecule has 6 nitrogen and oxygen atoms in total. The van der Waals surface area contributed by atoms with Crippen LogP contribution in [-0.2, 0) is 17.6 Å². The normalized spacial score (nSPS) is 14.0. The number of nitrogens with one attached hydrogen (secondary N) is 1. The van der Waals surface area contributed by atoms with Crippen molar-refractivity contribution < 1.29 is 14.4 Å². The molecule has 0 bridgehead atoms. The van der Waals surface area contributed by atoms with Crippen LogP contribution >= 0.6 is 0 Å². The second kappa shape index (κ2) is 7.99. The molecule has 20 heavy (non-hydrogen) atoms. The summed E-state index contributed by atoms with van der Waals surface area (Å²) < 4.78 is 5.06. The van der Waals surface area contributed by atoms with E-state index in [0.717, 1.165) is 19.3 Å². The summed E-state index contributed by atoms with van der Waals surface area (Å²) in [6.45, 7) is 6.04. The van der Waals surface area contributed by atoms with Gasteiger partial charge in [-0.3, -0.25) is 4.79 Å². The first-order valence-corrected chi connectivity index (χ1v) is 7.27. The molecule has 1 atom stereocenters. The van der Waals surface area contributed by atoms with Crippen LogP contribution in [0.5, 0.6) is 0 Å². The second-order valence-electron chi connectivity index (χ2n) is 5.38. The molecule has 0 aromatic carbocycles. The fraction of sp³-hybridized carbons (Fsp3) is 0.786. The molecule has 1 amide bonds. The number of hydrogen-bond acceptors (Lipinski definition) is 5. The largest absolute Gasteiger partial charge is 0.388 e. The predicted octanol–water partition coefficient (Wildman–Crippen LogP) is 1.62. The highest BCUT2D eigenvalue weighted by atomic mass is 16.5. The Morgan fingerprint density at radius 3 is 2.75 bits per heavy atom. The zero-order chi connectivity index (χ0) is 15.0. The van der Waals surface area contributed by atoms with Gasteiger partial charge in [-0.2, -0.15) is 4.98 Å². The van der Waals surface area contributed by atoms with Gasteiger partial charge in [0.2, 0.25) is 11.8 Å². The number of carbonyl (C=O) groups is 1. The number of hydrogen-bond donors (Lipinski definition) is 2. The van der Waals surface area contributed by atoms with Crippen molar-refractivity contribution in [1.82, 2.24) is 15.5 Å². The standard InChI is InChI=1S/C14H25N3O3/c1-4-6-11-16-13(20-17-11)8-7-12(18)15-10-14(3,19)9-5-2/h19H,4-10H2,1-3H3,(H,15,18). The van der Waals surface area contributed by atoms with Crippen LogP contribution in [0.1, 0.15) is 58.2 Å². The maximum atomic E-state index is 11.7. The number of amides is 1. The Morgan fingerprint density at radius 1 is 1.35 bits per heavy atom. The van der Waals surface area contributed by atoms with Crippen LogP contribution in [0.4, 0.5) is 0 Å². The van der Waals surface area contributed by atoms with Crippen LogP contribution in [0.2, 0.25) is 0 Å². The number of aliphatic hydroxyl groups is 1. The van der Waals surface area contributed by atoms with Crippen molar-refractivity contribution in [2.24, 2.45) is 0 Å². The van der Waals surface area contributed by atoms with E-state index in [4.69, 9.17) is 4.52 Å². The number of aryl methyl sites for hydroxylation is 2. The Labute approximate surface area is 120 Å². The zero-order valence-corrected chi connectivity index (χ0v) is 12.6. The third kappa shape index (κ3) is 6.14. The molecule has 1 aromatic heterocycles. The smallest absolute Gasteiger partial charge is 0.227 e. The van der Waals surface area contributed by atoms with Crippen LogP contribution in [0, 0.1) is 0 Å². The SMILES string of the molecule is CCCc1noc(CCC(=O)NCC(C)(O)CCC)n1. The average Bonchev–Trinajstić information content (AvgIpc) is 2.82. The molecule has 1 rings (SSSR count). The van der Waals surface area contributed by atoms with E-state index in [-0.39, 0.29) is 18.9 Å². The zero-order valence-electron chi connectivity index (χ0n) is 12.6. The Morgan fingerprint density at radius 2 is 2.10 bits per heavy atom. The first kappa shape index (κ1) is 16.6. The molecule has 0 fully saturated rings. The minimum atomic E-state index is -0.844. The molecule has 0 saturated heterocycles. The van der Waals surface area contributed by atoms with Crippen molar-refractivity contribution in [1.29, 1.82) is 0 Å². The van der Waals surface area contributed by atoms with Gasteiger partial charge in [0.1, 0.15) is 0 Å². The van der Waals surface area contributed by atoms with Crippen molar-refractivity contribution in [2.45, 2.75) is 64.9 Å². The number of aromatic nitrogens is 2. The van der Waals surface area contributed by atoms with Crippen LogP contribution in [0.3, 0.4) is 0 Å². The fourth-order valence-electron chi connectivity index (χ4n) is 1.94. The Kier molecular flexibility index (Phi) is 6.64. The van der Waals surface area contributed by atoms with Gasteiger partial charge in [0, 0.05) is 25.8 Å². The van der Waals surface area contributed by atoms with E-state index in [0.29, 0.717) is 24.6 Å². The first-order chi connectivity index (χ1) is 9.46. The maximum absolute atomic E-state index is 11.7. The van der Waals surface area contributed by atoms with Gasteiger partial charge >= 0.3 is 0 Å². The average molecular weight is 283 g/mol.